The lowest BCUT2D eigenvalue weighted by Crippen LogP contribution is -2.28. The highest BCUT2D eigenvalue weighted by molar-refractivity contribution is 5.79. The van der Waals surface area contributed by atoms with Crippen molar-refractivity contribution >= 4 is 10.9 Å². The van der Waals surface area contributed by atoms with E-state index in [-0.39, 0.29) is 0 Å². The molecule has 1 aliphatic rings. The van der Waals surface area contributed by atoms with Crippen molar-refractivity contribution in [3.8, 4) is 0 Å². The molecule has 2 heteroatoms. The topological polar surface area (TPSA) is 38.9 Å². The van der Waals surface area contributed by atoms with Gasteiger partial charge in [-0.3, -0.25) is 4.98 Å². The highest BCUT2D eigenvalue weighted by Gasteiger charge is 2.28. The van der Waals surface area contributed by atoms with E-state index in [0.29, 0.717) is 11.8 Å². The monoisotopic (exact) mass is 268 g/mol. The van der Waals surface area contributed by atoms with Crippen molar-refractivity contribution in [3.63, 3.8) is 0 Å². The van der Waals surface area contributed by atoms with Crippen LogP contribution in [0.3, 0.4) is 0 Å². The fraction of sp³-hybridized carbons (Fsp3) is 0.500. The summed E-state index contributed by atoms with van der Waals surface area (Å²) in [6.45, 7) is 5.22. The van der Waals surface area contributed by atoms with Gasteiger partial charge in [0.2, 0.25) is 0 Å². The molecule has 3 unspecified atom stereocenters. The van der Waals surface area contributed by atoms with Gasteiger partial charge in [-0.05, 0) is 67.8 Å². The molecule has 1 aromatic carbocycles. The first-order valence-electron chi connectivity index (χ1n) is 7.74. The van der Waals surface area contributed by atoms with Crippen LogP contribution in [0.1, 0.15) is 43.4 Å². The molecule has 1 fully saturated rings. The van der Waals surface area contributed by atoms with Gasteiger partial charge < -0.3 is 5.73 Å². The Balaban J connectivity index is 1.97. The molecule has 0 amide bonds. The smallest absolute Gasteiger partial charge is 0.0705 e. The van der Waals surface area contributed by atoms with Crippen molar-refractivity contribution in [2.24, 2.45) is 17.6 Å². The summed E-state index contributed by atoms with van der Waals surface area (Å²) in [6, 6.07) is 11.0. The van der Waals surface area contributed by atoms with Crippen molar-refractivity contribution < 1.29 is 0 Å². The minimum atomic E-state index is 0.620. The Kier molecular flexibility index (Phi) is 3.75. The van der Waals surface area contributed by atoms with Gasteiger partial charge >= 0.3 is 0 Å². The number of hydrogen-bond donors (Lipinski definition) is 1. The molecule has 1 heterocycles. The second kappa shape index (κ2) is 5.53. The number of nitrogens with two attached hydrogens (primary N) is 1. The number of rotatable bonds is 2. The van der Waals surface area contributed by atoms with E-state index >= 15 is 0 Å². The van der Waals surface area contributed by atoms with Crippen LogP contribution in [0.25, 0.3) is 10.9 Å². The normalized spacial score (nSPS) is 26.9. The number of pyridine rings is 1. The van der Waals surface area contributed by atoms with Crippen LogP contribution in [0.15, 0.2) is 30.3 Å². The van der Waals surface area contributed by atoms with Crippen molar-refractivity contribution in [2.75, 3.05) is 6.54 Å². The molecular formula is C18H24N2. The zero-order valence-electron chi connectivity index (χ0n) is 12.5. The molecule has 106 valence electrons. The highest BCUT2D eigenvalue weighted by Crippen LogP contribution is 2.40. The zero-order chi connectivity index (χ0) is 14.1. The lowest BCUT2D eigenvalue weighted by molar-refractivity contribution is 0.254. The maximum Gasteiger partial charge on any atom is 0.0705 e. The van der Waals surface area contributed by atoms with Crippen molar-refractivity contribution in [3.05, 3.63) is 41.6 Å². The first kappa shape index (κ1) is 13.6. The summed E-state index contributed by atoms with van der Waals surface area (Å²) >= 11 is 0. The number of benzene rings is 1. The summed E-state index contributed by atoms with van der Waals surface area (Å²) in [5.74, 6) is 2.08. The lowest BCUT2D eigenvalue weighted by atomic mass is 9.71. The molecule has 1 aliphatic carbocycles. The minimum absolute atomic E-state index is 0.620. The predicted octanol–water partition coefficient (Wildman–Crippen LogP) is 4.02. The Morgan fingerprint density at radius 1 is 1.20 bits per heavy atom. The molecule has 0 bridgehead atoms. The Labute approximate surface area is 121 Å². The van der Waals surface area contributed by atoms with Gasteiger partial charge in [-0.15, -0.1) is 0 Å². The Hall–Kier alpha value is -1.41. The maximum atomic E-state index is 6.00. The molecule has 1 aromatic heterocycles. The third kappa shape index (κ3) is 2.57. The molecule has 3 atom stereocenters. The molecule has 0 spiro atoms. The third-order valence-corrected chi connectivity index (χ3v) is 4.84. The maximum absolute atomic E-state index is 6.00. The van der Waals surface area contributed by atoms with E-state index < -0.39 is 0 Å². The van der Waals surface area contributed by atoms with Crippen molar-refractivity contribution in [2.45, 2.75) is 39.0 Å². The number of fused-ring (bicyclic) bond motifs is 1. The van der Waals surface area contributed by atoms with E-state index in [1.807, 2.05) is 6.92 Å². The summed E-state index contributed by atoms with van der Waals surface area (Å²) < 4.78 is 0. The van der Waals surface area contributed by atoms with E-state index in [4.69, 9.17) is 5.73 Å². The zero-order valence-corrected chi connectivity index (χ0v) is 12.5. The molecule has 0 radical (unpaired) electrons. The van der Waals surface area contributed by atoms with Crippen molar-refractivity contribution in [1.82, 2.24) is 4.98 Å². The Morgan fingerprint density at radius 2 is 2.05 bits per heavy atom. The SMILES string of the molecule is Cc1ccc2cc(C3CC(C)CCC3CN)ccc2n1. The van der Waals surface area contributed by atoms with Crippen LogP contribution >= 0.6 is 0 Å². The van der Waals surface area contributed by atoms with Gasteiger partial charge in [-0.1, -0.05) is 25.5 Å². The van der Waals surface area contributed by atoms with Gasteiger partial charge in [0.15, 0.2) is 0 Å². The minimum Gasteiger partial charge on any atom is -0.330 e. The summed E-state index contributed by atoms with van der Waals surface area (Å²) in [5, 5.41) is 1.25. The van der Waals surface area contributed by atoms with E-state index in [1.165, 1.54) is 30.2 Å². The van der Waals surface area contributed by atoms with Gasteiger partial charge in [0.25, 0.3) is 0 Å². The summed E-state index contributed by atoms with van der Waals surface area (Å²) in [5.41, 5.74) is 9.62. The first-order valence-corrected chi connectivity index (χ1v) is 7.74. The number of hydrogen-bond acceptors (Lipinski definition) is 2. The molecule has 0 aliphatic heterocycles. The Morgan fingerprint density at radius 3 is 2.85 bits per heavy atom. The average Bonchev–Trinajstić information content (AvgIpc) is 2.46. The predicted molar refractivity (Wildman–Crippen MR) is 84.8 cm³/mol. The van der Waals surface area contributed by atoms with Gasteiger partial charge in [-0.2, -0.15) is 0 Å². The average molecular weight is 268 g/mol. The van der Waals surface area contributed by atoms with E-state index in [9.17, 15) is 0 Å². The second-order valence-corrected chi connectivity index (χ2v) is 6.43. The van der Waals surface area contributed by atoms with E-state index in [0.717, 1.165) is 23.7 Å². The summed E-state index contributed by atoms with van der Waals surface area (Å²) in [7, 11) is 0. The van der Waals surface area contributed by atoms with Gasteiger partial charge in [0.05, 0.1) is 5.52 Å². The molecule has 2 N–H and O–H groups in total. The van der Waals surface area contributed by atoms with Gasteiger partial charge in [-0.25, -0.2) is 0 Å². The molecule has 2 aromatic rings. The molecule has 20 heavy (non-hydrogen) atoms. The van der Waals surface area contributed by atoms with Crippen LogP contribution in [-0.4, -0.2) is 11.5 Å². The van der Waals surface area contributed by atoms with E-state index in [1.54, 1.807) is 0 Å². The van der Waals surface area contributed by atoms with Crippen LogP contribution < -0.4 is 5.73 Å². The van der Waals surface area contributed by atoms with Crippen LogP contribution in [-0.2, 0) is 0 Å². The molecule has 0 saturated heterocycles. The van der Waals surface area contributed by atoms with Crippen LogP contribution in [0.2, 0.25) is 0 Å². The van der Waals surface area contributed by atoms with E-state index in [2.05, 4.69) is 42.2 Å². The summed E-state index contributed by atoms with van der Waals surface area (Å²) in [6.07, 6.45) is 3.87. The van der Waals surface area contributed by atoms with Crippen LogP contribution in [0, 0.1) is 18.8 Å². The fourth-order valence-corrected chi connectivity index (χ4v) is 3.61. The standard InChI is InChI=1S/C18H24N2/c1-12-3-5-16(11-19)17(9-12)14-7-8-18-15(10-14)6-4-13(2)20-18/h4,6-8,10,12,16-17H,3,5,9,11,19H2,1-2H3. The molecular weight excluding hydrogens is 244 g/mol. The number of aryl methyl sites for hydroxylation is 1. The van der Waals surface area contributed by atoms with Crippen LogP contribution in [0.4, 0.5) is 0 Å². The highest BCUT2D eigenvalue weighted by atomic mass is 14.7. The van der Waals surface area contributed by atoms with Gasteiger partial charge in [0, 0.05) is 11.1 Å². The molecule has 3 rings (SSSR count). The molecule has 1 saturated carbocycles. The van der Waals surface area contributed by atoms with Gasteiger partial charge in [0.1, 0.15) is 0 Å². The largest absolute Gasteiger partial charge is 0.330 e. The summed E-state index contributed by atoms with van der Waals surface area (Å²) in [4.78, 5) is 4.59. The van der Waals surface area contributed by atoms with Crippen molar-refractivity contribution in [1.29, 1.82) is 0 Å². The molecule has 2 nitrogen and oxygen atoms in total. The van der Waals surface area contributed by atoms with Crippen LogP contribution in [0.5, 0.6) is 0 Å². The number of nitrogens with zero attached hydrogens (tertiary/aromatic N) is 1. The second-order valence-electron chi connectivity index (χ2n) is 6.43. The third-order valence-electron chi connectivity index (χ3n) is 4.84. The first-order chi connectivity index (χ1) is 9.67. The quantitative estimate of drug-likeness (QED) is 0.893. The number of aromatic nitrogens is 1. The lowest BCUT2D eigenvalue weighted by Gasteiger charge is -2.34. The Bertz CT molecular complexity index is 605. The fourth-order valence-electron chi connectivity index (χ4n) is 3.61.